The molecular weight excluding hydrogens is 302 g/mol. The monoisotopic (exact) mass is 317 g/mol. The average Bonchev–Trinajstić information content (AvgIpc) is 2.27. The summed E-state index contributed by atoms with van der Waals surface area (Å²) in [6.07, 6.45) is 3.00. The first-order chi connectivity index (χ1) is 7.99. The maximum Gasteiger partial charge on any atom is 0.224 e. The first-order valence-electron chi connectivity index (χ1n) is 5.93. The number of nitrogens with zero attached hydrogens (tertiary/aromatic N) is 3. The summed E-state index contributed by atoms with van der Waals surface area (Å²) >= 11 is 9.39. The van der Waals surface area contributed by atoms with E-state index in [-0.39, 0.29) is 0 Å². The van der Waals surface area contributed by atoms with Gasteiger partial charge in [0.15, 0.2) is 0 Å². The van der Waals surface area contributed by atoms with Crippen LogP contribution in [0.5, 0.6) is 0 Å². The average molecular weight is 319 g/mol. The second-order valence-electron chi connectivity index (χ2n) is 5.02. The predicted molar refractivity (Wildman–Crippen MR) is 74.5 cm³/mol. The van der Waals surface area contributed by atoms with Crippen molar-refractivity contribution in [3.05, 3.63) is 16.0 Å². The summed E-state index contributed by atoms with van der Waals surface area (Å²) in [5.41, 5.74) is 0. The van der Waals surface area contributed by atoms with Gasteiger partial charge in [0.05, 0.1) is 4.47 Å². The summed E-state index contributed by atoms with van der Waals surface area (Å²) in [5.74, 6) is 2.26. The van der Waals surface area contributed by atoms with E-state index in [4.69, 9.17) is 11.6 Å². The largest absolute Gasteiger partial charge is 0.352 e. The van der Waals surface area contributed by atoms with Crippen LogP contribution in [0.3, 0.4) is 0 Å². The standard InChI is InChI=1S/C12H17BrClN3/c1-7-4-8(2)9(3)17(6-7)11-10(13)5-15-12(14)16-11/h5,7-9H,4,6H2,1-3H3. The summed E-state index contributed by atoms with van der Waals surface area (Å²) in [6, 6.07) is 0.480. The predicted octanol–water partition coefficient (Wildman–Crippen LogP) is 3.76. The fraction of sp³-hybridized carbons (Fsp3) is 0.667. The number of aromatic nitrogens is 2. The highest BCUT2D eigenvalue weighted by molar-refractivity contribution is 9.10. The van der Waals surface area contributed by atoms with Crippen LogP contribution in [-0.4, -0.2) is 22.6 Å². The van der Waals surface area contributed by atoms with E-state index in [2.05, 4.69) is 51.6 Å². The van der Waals surface area contributed by atoms with Crippen molar-refractivity contribution in [3.63, 3.8) is 0 Å². The van der Waals surface area contributed by atoms with Gasteiger partial charge in [-0.15, -0.1) is 0 Å². The second-order valence-corrected chi connectivity index (χ2v) is 6.21. The van der Waals surface area contributed by atoms with Crippen molar-refractivity contribution < 1.29 is 0 Å². The molecule has 3 atom stereocenters. The van der Waals surface area contributed by atoms with Gasteiger partial charge in [-0.25, -0.2) is 4.98 Å². The van der Waals surface area contributed by atoms with Crippen LogP contribution >= 0.6 is 27.5 Å². The van der Waals surface area contributed by atoms with Crippen molar-refractivity contribution in [1.29, 1.82) is 0 Å². The summed E-state index contributed by atoms with van der Waals surface area (Å²) < 4.78 is 0.912. The van der Waals surface area contributed by atoms with Gasteiger partial charge in [0.25, 0.3) is 0 Å². The fourth-order valence-electron chi connectivity index (χ4n) is 2.53. The van der Waals surface area contributed by atoms with E-state index in [1.165, 1.54) is 6.42 Å². The van der Waals surface area contributed by atoms with Crippen LogP contribution in [0.25, 0.3) is 0 Å². The number of rotatable bonds is 1. The number of hydrogen-bond donors (Lipinski definition) is 0. The van der Waals surface area contributed by atoms with Gasteiger partial charge >= 0.3 is 0 Å². The van der Waals surface area contributed by atoms with Gasteiger partial charge < -0.3 is 4.90 Å². The molecule has 5 heteroatoms. The van der Waals surface area contributed by atoms with E-state index in [1.54, 1.807) is 6.20 Å². The molecule has 1 fully saturated rings. The van der Waals surface area contributed by atoms with Gasteiger partial charge in [0, 0.05) is 18.8 Å². The highest BCUT2D eigenvalue weighted by Crippen LogP contribution is 2.34. The Hall–Kier alpha value is -0.350. The van der Waals surface area contributed by atoms with E-state index in [9.17, 15) is 0 Å². The molecule has 0 aromatic carbocycles. The zero-order valence-electron chi connectivity index (χ0n) is 10.3. The SMILES string of the molecule is CC1CC(C)C(C)N(c2nc(Cl)ncc2Br)C1. The summed E-state index contributed by atoms with van der Waals surface area (Å²) in [7, 11) is 0. The molecule has 0 aliphatic carbocycles. The van der Waals surface area contributed by atoms with Crippen LogP contribution in [0.1, 0.15) is 27.2 Å². The number of hydrogen-bond acceptors (Lipinski definition) is 3. The minimum Gasteiger partial charge on any atom is -0.352 e. The van der Waals surface area contributed by atoms with Gasteiger partial charge in [0.1, 0.15) is 5.82 Å². The topological polar surface area (TPSA) is 29.0 Å². The number of anilines is 1. The molecule has 0 N–H and O–H groups in total. The molecule has 1 aliphatic rings. The van der Waals surface area contributed by atoms with Crippen molar-refractivity contribution in [2.75, 3.05) is 11.4 Å². The summed E-state index contributed by atoms with van der Waals surface area (Å²) in [5, 5.41) is 0.307. The lowest BCUT2D eigenvalue weighted by Gasteiger charge is -2.42. The molecular formula is C12H17BrClN3. The van der Waals surface area contributed by atoms with E-state index in [0.29, 0.717) is 23.2 Å². The Kier molecular flexibility index (Phi) is 3.93. The van der Waals surface area contributed by atoms with Crippen LogP contribution in [0.4, 0.5) is 5.82 Å². The first-order valence-corrected chi connectivity index (χ1v) is 7.10. The lowest BCUT2D eigenvalue weighted by atomic mass is 9.86. The molecule has 94 valence electrons. The summed E-state index contributed by atoms with van der Waals surface area (Å²) in [6.45, 7) is 7.85. The van der Waals surface area contributed by atoms with Crippen LogP contribution in [-0.2, 0) is 0 Å². The van der Waals surface area contributed by atoms with E-state index >= 15 is 0 Å². The molecule has 1 aromatic heterocycles. The Labute approximate surface area is 116 Å². The lowest BCUT2D eigenvalue weighted by Crippen LogP contribution is -2.46. The summed E-state index contributed by atoms with van der Waals surface area (Å²) in [4.78, 5) is 10.7. The van der Waals surface area contributed by atoms with E-state index in [0.717, 1.165) is 16.8 Å². The third-order valence-corrected chi connectivity index (χ3v) is 4.31. The minimum atomic E-state index is 0.307. The lowest BCUT2D eigenvalue weighted by molar-refractivity contribution is 0.295. The molecule has 0 amide bonds. The van der Waals surface area contributed by atoms with Crippen molar-refractivity contribution in [2.24, 2.45) is 11.8 Å². The van der Waals surface area contributed by atoms with Gasteiger partial charge in [-0.2, -0.15) is 4.98 Å². The smallest absolute Gasteiger partial charge is 0.224 e. The van der Waals surface area contributed by atoms with Crippen LogP contribution in [0, 0.1) is 11.8 Å². The van der Waals surface area contributed by atoms with Crippen LogP contribution in [0.2, 0.25) is 5.28 Å². The molecule has 3 unspecified atom stereocenters. The van der Waals surface area contributed by atoms with Crippen molar-refractivity contribution >= 4 is 33.3 Å². The zero-order chi connectivity index (χ0) is 12.6. The molecule has 1 aliphatic heterocycles. The first kappa shape index (κ1) is 13.1. The zero-order valence-corrected chi connectivity index (χ0v) is 12.7. The highest BCUT2D eigenvalue weighted by Gasteiger charge is 2.30. The quantitative estimate of drug-likeness (QED) is 0.738. The third-order valence-electron chi connectivity index (χ3n) is 3.57. The minimum absolute atomic E-state index is 0.307. The molecule has 3 nitrogen and oxygen atoms in total. The Morgan fingerprint density at radius 2 is 2.12 bits per heavy atom. The molecule has 0 saturated carbocycles. The normalized spacial score (nSPS) is 29.5. The maximum absolute atomic E-state index is 5.89. The Morgan fingerprint density at radius 3 is 2.82 bits per heavy atom. The fourth-order valence-corrected chi connectivity index (χ4v) is 3.08. The molecule has 17 heavy (non-hydrogen) atoms. The Morgan fingerprint density at radius 1 is 1.41 bits per heavy atom. The second kappa shape index (κ2) is 5.11. The van der Waals surface area contributed by atoms with Gasteiger partial charge in [-0.1, -0.05) is 13.8 Å². The van der Waals surface area contributed by atoms with E-state index in [1.807, 2.05) is 0 Å². The van der Waals surface area contributed by atoms with Gasteiger partial charge in [0.2, 0.25) is 5.28 Å². The Balaban J connectivity index is 2.34. The molecule has 1 aromatic rings. The highest BCUT2D eigenvalue weighted by atomic mass is 79.9. The molecule has 2 rings (SSSR count). The number of halogens is 2. The van der Waals surface area contributed by atoms with Gasteiger partial charge in [-0.05, 0) is 52.7 Å². The van der Waals surface area contributed by atoms with Crippen LogP contribution < -0.4 is 4.90 Å². The molecule has 2 heterocycles. The van der Waals surface area contributed by atoms with Crippen molar-refractivity contribution in [1.82, 2.24) is 9.97 Å². The van der Waals surface area contributed by atoms with Crippen LogP contribution in [0.15, 0.2) is 10.7 Å². The molecule has 0 bridgehead atoms. The van der Waals surface area contributed by atoms with E-state index < -0.39 is 0 Å². The number of piperidine rings is 1. The molecule has 0 radical (unpaired) electrons. The molecule has 1 saturated heterocycles. The van der Waals surface area contributed by atoms with Crippen molar-refractivity contribution in [3.8, 4) is 0 Å². The van der Waals surface area contributed by atoms with Crippen molar-refractivity contribution in [2.45, 2.75) is 33.2 Å². The van der Waals surface area contributed by atoms with Gasteiger partial charge in [-0.3, -0.25) is 0 Å². The Bertz CT molecular complexity index is 413. The maximum atomic E-state index is 5.89. The third kappa shape index (κ3) is 2.74. The molecule has 0 spiro atoms.